The first-order chi connectivity index (χ1) is 6.54. The van der Waals surface area contributed by atoms with Gasteiger partial charge >= 0.3 is 11.9 Å². The third-order valence-electron chi connectivity index (χ3n) is 1.36. The lowest BCUT2D eigenvalue weighted by Gasteiger charge is -2.14. The molecule has 0 aliphatic heterocycles. The number of rotatable bonds is 5. The van der Waals surface area contributed by atoms with Gasteiger partial charge in [0.1, 0.15) is 0 Å². The van der Waals surface area contributed by atoms with E-state index in [0.717, 1.165) is 0 Å². The quantitative estimate of drug-likeness (QED) is 0.551. The minimum atomic E-state index is -1.89. The maximum atomic E-state index is 10.9. The van der Waals surface area contributed by atoms with Gasteiger partial charge in [-0.1, -0.05) is 0 Å². The van der Waals surface area contributed by atoms with Gasteiger partial charge in [0.2, 0.25) is 0 Å². The zero-order chi connectivity index (χ0) is 11.1. The molecule has 2 N–H and O–H groups in total. The molecule has 0 aliphatic rings. The molecule has 2 atom stereocenters. The fourth-order valence-electron chi connectivity index (χ4n) is 0.713. The standard InChI is InChI=1S/C8H14O6/c1-3-13-7(11)5(9)6(10)8(12)14-4-2/h5-6,9-10H,3-4H2,1-2H3/t5-,6-/m1/s1. The van der Waals surface area contributed by atoms with Crippen LogP contribution in [0.3, 0.4) is 0 Å². The normalized spacial score (nSPS) is 14.3. The van der Waals surface area contributed by atoms with Crippen molar-refractivity contribution in [3.05, 3.63) is 0 Å². The maximum absolute atomic E-state index is 10.9. The Morgan fingerprint density at radius 2 is 1.29 bits per heavy atom. The minimum absolute atomic E-state index is 0.0610. The first-order valence-corrected chi connectivity index (χ1v) is 4.24. The molecule has 0 saturated heterocycles. The topological polar surface area (TPSA) is 93.1 Å². The van der Waals surface area contributed by atoms with Gasteiger partial charge in [-0.2, -0.15) is 0 Å². The van der Waals surface area contributed by atoms with Crippen molar-refractivity contribution < 1.29 is 29.3 Å². The Bertz CT molecular complexity index is 180. The molecule has 0 amide bonds. The number of hydrogen-bond acceptors (Lipinski definition) is 6. The molecule has 0 bridgehead atoms. The van der Waals surface area contributed by atoms with Gasteiger partial charge in [-0.25, -0.2) is 9.59 Å². The zero-order valence-corrected chi connectivity index (χ0v) is 8.10. The molecule has 0 saturated carbocycles. The fourth-order valence-corrected chi connectivity index (χ4v) is 0.713. The van der Waals surface area contributed by atoms with Crippen LogP contribution < -0.4 is 0 Å². The summed E-state index contributed by atoms with van der Waals surface area (Å²) < 4.78 is 8.79. The number of hydrogen-bond donors (Lipinski definition) is 2. The van der Waals surface area contributed by atoms with Crippen molar-refractivity contribution in [2.75, 3.05) is 13.2 Å². The average molecular weight is 206 g/mol. The number of aliphatic hydroxyl groups excluding tert-OH is 2. The summed E-state index contributed by atoms with van der Waals surface area (Å²) in [6.07, 6.45) is -3.79. The maximum Gasteiger partial charge on any atom is 0.338 e. The Morgan fingerprint density at radius 3 is 1.50 bits per heavy atom. The lowest BCUT2D eigenvalue weighted by atomic mass is 10.2. The predicted octanol–water partition coefficient (Wildman–Crippen LogP) is -1.17. The molecule has 14 heavy (non-hydrogen) atoms. The third-order valence-corrected chi connectivity index (χ3v) is 1.36. The predicted molar refractivity (Wildman–Crippen MR) is 45.3 cm³/mol. The van der Waals surface area contributed by atoms with Crippen LogP contribution in [0.25, 0.3) is 0 Å². The molecule has 0 aliphatic carbocycles. The molecular weight excluding hydrogens is 192 g/mol. The molecule has 0 aromatic rings. The van der Waals surface area contributed by atoms with Gasteiger partial charge in [0.15, 0.2) is 12.2 Å². The summed E-state index contributed by atoms with van der Waals surface area (Å²) in [5.41, 5.74) is 0. The van der Waals surface area contributed by atoms with E-state index in [1.165, 1.54) is 0 Å². The Labute approximate surface area is 81.4 Å². The lowest BCUT2D eigenvalue weighted by Crippen LogP contribution is -2.41. The monoisotopic (exact) mass is 206 g/mol. The number of ether oxygens (including phenoxy) is 2. The van der Waals surface area contributed by atoms with Crippen LogP contribution in [0.15, 0.2) is 0 Å². The van der Waals surface area contributed by atoms with Crippen LogP contribution >= 0.6 is 0 Å². The Kier molecular flexibility index (Phi) is 5.82. The largest absolute Gasteiger partial charge is 0.464 e. The Morgan fingerprint density at radius 1 is 1.00 bits per heavy atom. The summed E-state index contributed by atoms with van der Waals surface area (Å²) in [7, 11) is 0. The number of carbonyl (C=O) groups is 2. The van der Waals surface area contributed by atoms with Crippen molar-refractivity contribution in [3.8, 4) is 0 Å². The fraction of sp³-hybridized carbons (Fsp3) is 0.750. The van der Waals surface area contributed by atoms with Gasteiger partial charge in [-0.15, -0.1) is 0 Å². The van der Waals surface area contributed by atoms with Gasteiger partial charge in [-0.05, 0) is 13.8 Å². The first-order valence-electron chi connectivity index (χ1n) is 4.24. The van der Waals surface area contributed by atoms with Gasteiger partial charge < -0.3 is 19.7 Å². The van der Waals surface area contributed by atoms with E-state index >= 15 is 0 Å². The highest BCUT2D eigenvalue weighted by Gasteiger charge is 2.32. The molecule has 0 aromatic heterocycles. The van der Waals surface area contributed by atoms with E-state index in [4.69, 9.17) is 10.2 Å². The first kappa shape index (κ1) is 12.9. The summed E-state index contributed by atoms with van der Waals surface area (Å²) >= 11 is 0. The van der Waals surface area contributed by atoms with Crippen molar-refractivity contribution in [1.82, 2.24) is 0 Å². The van der Waals surface area contributed by atoms with E-state index in [-0.39, 0.29) is 13.2 Å². The van der Waals surface area contributed by atoms with Crippen molar-refractivity contribution in [1.29, 1.82) is 0 Å². The van der Waals surface area contributed by atoms with E-state index in [0.29, 0.717) is 0 Å². The smallest absolute Gasteiger partial charge is 0.338 e. The molecule has 0 heterocycles. The number of esters is 2. The summed E-state index contributed by atoms with van der Waals surface area (Å²) in [5, 5.41) is 18.2. The summed E-state index contributed by atoms with van der Waals surface area (Å²) in [5.74, 6) is -2.10. The number of carbonyl (C=O) groups excluding carboxylic acids is 2. The molecule has 0 unspecified atom stereocenters. The number of aliphatic hydroxyl groups is 2. The van der Waals surface area contributed by atoms with E-state index in [9.17, 15) is 9.59 Å². The molecule has 0 rings (SSSR count). The van der Waals surface area contributed by atoms with E-state index < -0.39 is 24.1 Å². The van der Waals surface area contributed by atoms with Crippen LogP contribution in [-0.2, 0) is 19.1 Å². The Balaban J connectivity index is 4.16. The van der Waals surface area contributed by atoms with Crippen LogP contribution in [0.2, 0.25) is 0 Å². The highest BCUT2D eigenvalue weighted by atomic mass is 16.6. The molecule has 82 valence electrons. The highest BCUT2D eigenvalue weighted by Crippen LogP contribution is 1.99. The highest BCUT2D eigenvalue weighted by molar-refractivity contribution is 5.85. The average Bonchev–Trinajstić information content (AvgIpc) is 2.16. The molecule has 6 heteroatoms. The van der Waals surface area contributed by atoms with E-state index in [2.05, 4.69) is 9.47 Å². The van der Waals surface area contributed by atoms with Gasteiger partial charge in [-0.3, -0.25) is 0 Å². The van der Waals surface area contributed by atoms with E-state index in [1.54, 1.807) is 13.8 Å². The van der Waals surface area contributed by atoms with Gasteiger partial charge in [0, 0.05) is 0 Å². The molecular formula is C8H14O6. The van der Waals surface area contributed by atoms with Crippen molar-refractivity contribution in [3.63, 3.8) is 0 Å². The van der Waals surface area contributed by atoms with Crippen molar-refractivity contribution >= 4 is 11.9 Å². The third kappa shape index (κ3) is 3.71. The van der Waals surface area contributed by atoms with Crippen molar-refractivity contribution in [2.24, 2.45) is 0 Å². The van der Waals surface area contributed by atoms with Crippen LogP contribution in [0.4, 0.5) is 0 Å². The summed E-state index contributed by atoms with van der Waals surface area (Å²) in [6, 6.07) is 0. The van der Waals surface area contributed by atoms with Crippen LogP contribution in [0.1, 0.15) is 13.8 Å². The molecule has 0 spiro atoms. The minimum Gasteiger partial charge on any atom is -0.464 e. The SMILES string of the molecule is CCOC(=O)[C@H](O)[C@@H](O)C(=O)OCC. The van der Waals surface area contributed by atoms with Crippen LogP contribution in [-0.4, -0.2) is 47.6 Å². The van der Waals surface area contributed by atoms with Crippen LogP contribution in [0.5, 0.6) is 0 Å². The zero-order valence-electron chi connectivity index (χ0n) is 8.10. The summed E-state index contributed by atoms with van der Waals surface area (Å²) in [6.45, 7) is 3.21. The van der Waals surface area contributed by atoms with E-state index in [1.807, 2.05) is 0 Å². The second kappa shape index (κ2) is 6.33. The second-order valence-electron chi connectivity index (χ2n) is 2.39. The molecule has 0 fully saturated rings. The van der Waals surface area contributed by atoms with Gasteiger partial charge in [0.05, 0.1) is 13.2 Å². The molecule has 0 aromatic carbocycles. The lowest BCUT2D eigenvalue weighted by molar-refractivity contribution is -0.172. The van der Waals surface area contributed by atoms with Crippen molar-refractivity contribution in [2.45, 2.75) is 26.1 Å². The molecule has 6 nitrogen and oxygen atoms in total. The van der Waals surface area contributed by atoms with Crippen LogP contribution in [0, 0.1) is 0 Å². The molecule has 0 radical (unpaired) electrons. The van der Waals surface area contributed by atoms with Gasteiger partial charge in [0.25, 0.3) is 0 Å². The Hall–Kier alpha value is -1.14. The summed E-state index contributed by atoms with van der Waals surface area (Å²) in [4.78, 5) is 21.7. The second-order valence-corrected chi connectivity index (χ2v) is 2.39.